The first kappa shape index (κ1) is 10.9. The maximum atomic E-state index is 11.8. The molecular weight excluding hydrogens is 190 g/mol. The fourth-order valence-corrected chi connectivity index (χ4v) is 2.79. The molecule has 0 spiro atoms. The number of fused-ring (bicyclic) bond motifs is 1. The Kier molecular flexibility index (Phi) is 2.53. The van der Waals surface area contributed by atoms with Crippen LogP contribution in [0.15, 0.2) is 0 Å². The summed E-state index contributed by atoms with van der Waals surface area (Å²) in [6, 6.07) is 0. The van der Waals surface area contributed by atoms with Gasteiger partial charge in [0.25, 0.3) is 0 Å². The molecule has 0 bridgehead atoms. The standard InChI is InChI=1S/C12H21NO2/c1-8(15-4)5-11(14)13-6-9-10(7-13)12(9,2)3/h8-10H,5-7H2,1-4H3/t8-,9?,10?/m1/s1. The van der Waals surface area contributed by atoms with E-state index < -0.39 is 0 Å². The molecule has 2 rings (SSSR count). The Morgan fingerprint density at radius 3 is 2.47 bits per heavy atom. The lowest BCUT2D eigenvalue weighted by Gasteiger charge is -2.23. The van der Waals surface area contributed by atoms with Gasteiger partial charge in [0.15, 0.2) is 0 Å². The van der Waals surface area contributed by atoms with Crippen LogP contribution < -0.4 is 0 Å². The minimum absolute atomic E-state index is 0.0439. The first-order valence-corrected chi connectivity index (χ1v) is 5.77. The third kappa shape index (κ3) is 1.78. The molecule has 1 saturated carbocycles. The zero-order chi connectivity index (χ0) is 11.2. The number of methoxy groups -OCH3 is 1. The van der Waals surface area contributed by atoms with Crippen molar-refractivity contribution in [2.45, 2.75) is 33.3 Å². The van der Waals surface area contributed by atoms with Crippen molar-refractivity contribution in [3.63, 3.8) is 0 Å². The number of amides is 1. The Morgan fingerprint density at radius 1 is 1.47 bits per heavy atom. The van der Waals surface area contributed by atoms with Gasteiger partial charge in [-0.2, -0.15) is 0 Å². The Bertz CT molecular complexity index is 261. The van der Waals surface area contributed by atoms with Gasteiger partial charge in [-0.3, -0.25) is 4.79 Å². The second-order valence-electron chi connectivity index (χ2n) is 5.58. The first-order valence-electron chi connectivity index (χ1n) is 5.77. The lowest BCUT2D eigenvalue weighted by atomic mass is 10.1. The van der Waals surface area contributed by atoms with Crippen LogP contribution in [0.2, 0.25) is 0 Å². The average molecular weight is 211 g/mol. The van der Waals surface area contributed by atoms with Gasteiger partial charge in [0.2, 0.25) is 5.91 Å². The van der Waals surface area contributed by atoms with Crippen molar-refractivity contribution in [1.82, 2.24) is 4.90 Å². The van der Waals surface area contributed by atoms with Gasteiger partial charge in [0, 0.05) is 20.2 Å². The van der Waals surface area contributed by atoms with E-state index in [0.717, 1.165) is 24.9 Å². The molecule has 15 heavy (non-hydrogen) atoms. The highest BCUT2D eigenvalue weighted by Crippen LogP contribution is 2.61. The molecule has 0 aromatic carbocycles. The molecule has 0 aromatic heterocycles. The molecule has 1 aliphatic heterocycles. The summed E-state index contributed by atoms with van der Waals surface area (Å²) in [6.45, 7) is 8.49. The maximum Gasteiger partial charge on any atom is 0.225 e. The summed E-state index contributed by atoms with van der Waals surface area (Å²) in [6.07, 6.45) is 0.568. The molecule has 1 heterocycles. The Morgan fingerprint density at radius 2 is 2.00 bits per heavy atom. The van der Waals surface area contributed by atoms with Crippen LogP contribution in [0.1, 0.15) is 27.2 Å². The third-order valence-corrected chi connectivity index (χ3v) is 4.34. The second kappa shape index (κ2) is 3.48. The smallest absolute Gasteiger partial charge is 0.225 e. The van der Waals surface area contributed by atoms with E-state index in [9.17, 15) is 4.79 Å². The van der Waals surface area contributed by atoms with Crippen LogP contribution in [0.3, 0.4) is 0 Å². The topological polar surface area (TPSA) is 29.5 Å². The molecular formula is C12H21NO2. The summed E-state index contributed by atoms with van der Waals surface area (Å²) >= 11 is 0. The van der Waals surface area contributed by atoms with Crippen molar-refractivity contribution in [1.29, 1.82) is 0 Å². The molecule has 0 aromatic rings. The number of carbonyl (C=O) groups is 1. The van der Waals surface area contributed by atoms with Gasteiger partial charge in [-0.15, -0.1) is 0 Å². The quantitative estimate of drug-likeness (QED) is 0.708. The summed E-state index contributed by atoms with van der Waals surface area (Å²) in [7, 11) is 1.66. The fraction of sp³-hybridized carbons (Fsp3) is 0.917. The van der Waals surface area contributed by atoms with Crippen molar-refractivity contribution in [2.75, 3.05) is 20.2 Å². The van der Waals surface area contributed by atoms with Crippen LogP contribution in [0.5, 0.6) is 0 Å². The first-order chi connectivity index (χ1) is 6.96. The summed E-state index contributed by atoms with van der Waals surface area (Å²) in [5.41, 5.74) is 0.490. The van der Waals surface area contributed by atoms with E-state index >= 15 is 0 Å². The van der Waals surface area contributed by atoms with Gasteiger partial charge in [-0.1, -0.05) is 13.8 Å². The van der Waals surface area contributed by atoms with E-state index in [0.29, 0.717) is 11.8 Å². The Labute approximate surface area is 91.8 Å². The van der Waals surface area contributed by atoms with Crippen LogP contribution >= 0.6 is 0 Å². The zero-order valence-corrected chi connectivity index (χ0v) is 10.1. The van der Waals surface area contributed by atoms with Gasteiger partial charge in [-0.05, 0) is 24.2 Å². The van der Waals surface area contributed by atoms with Crippen molar-refractivity contribution in [3.8, 4) is 0 Å². The number of nitrogens with zero attached hydrogens (tertiary/aromatic N) is 1. The number of piperidine rings is 1. The lowest BCUT2D eigenvalue weighted by Crippen LogP contribution is -2.34. The van der Waals surface area contributed by atoms with E-state index in [-0.39, 0.29) is 12.0 Å². The highest BCUT2D eigenvalue weighted by Gasteiger charge is 2.62. The highest BCUT2D eigenvalue weighted by atomic mass is 16.5. The van der Waals surface area contributed by atoms with Crippen LogP contribution in [-0.4, -0.2) is 37.1 Å². The molecule has 2 aliphatic rings. The average Bonchev–Trinajstić information content (AvgIpc) is 2.59. The highest BCUT2D eigenvalue weighted by molar-refractivity contribution is 5.77. The van der Waals surface area contributed by atoms with Crippen LogP contribution in [0.25, 0.3) is 0 Å². The number of rotatable bonds is 3. The van der Waals surface area contributed by atoms with Crippen molar-refractivity contribution >= 4 is 5.91 Å². The maximum absolute atomic E-state index is 11.8. The number of likely N-dealkylation sites (tertiary alicyclic amines) is 1. The van der Waals surface area contributed by atoms with Crippen molar-refractivity contribution in [2.24, 2.45) is 17.3 Å². The molecule has 0 N–H and O–H groups in total. The van der Waals surface area contributed by atoms with Gasteiger partial charge < -0.3 is 9.64 Å². The third-order valence-electron chi connectivity index (χ3n) is 4.34. The second-order valence-corrected chi connectivity index (χ2v) is 5.58. The van der Waals surface area contributed by atoms with E-state index in [1.807, 2.05) is 11.8 Å². The van der Waals surface area contributed by atoms with Gasteiger partial charge in [-0.25, -0.2) is 0 Å². The summed E-state index contributed by atoms with van der Waals surface area (Å²) in [4.78, 5) is 13.8. The predicted molar refractivity (Wildman–Crippen MR) is 58.4 cm³/mol. The van der Waals surface area contributed by atoms with Crippen LogP contribution in [0.4, 0.5) is 0 Å². The van der Waals surface area contributed by atoms with Crippen LogP contribution in [0, 0.1) is 17.3 Å². The Balaban J connectivity index is 1.81. The molecule has 1 aliphatic carbocycles. The van der Waals surface area contributed by atoms with E-state index in [1.54, 1.807) is 7.11 Å². The minimum atomic E-state index is 0.0439. The summed E-state index contributed by atoms with van der Waals surface area (Å²) in [5, 5.41) is 0. The van der Waals surface area contributed by atoms with Crippen molar-refractivity contribution < 1.29 is 9.53 Å². The zero-order valence-electron chi connectivity index (χ0n) is 10.1. The molecule has 3 atom stereocenters. The normalized spacial score (nSPS) is 33.7. The molecule has 1 amide bonds. The molecule has 3 nitrogen and oxygen atoms in total. The minimum Gasteiger partial charge on any atom is -0.381 e. The van der Waals surface area contributed by atoms with Gasteiger partial charge in [0.05, 0.1) is 12.5 Å². The van der Waals surface area contributed by atoms with Gasteiger partial charge >= 0.3 is 0 Å². The number of hydrogen-bond acceptors (Lipinski definition) is 2. The molecule has 2 fully saturated rings. The molecule has 0 radical (unpaired) electrons. The van der Waals surface area contributed by atoms with E-state index in [2.05, 4.69) is 13.8 Å². The lowest BCUT2D eigenvalue weighted by molar-refractivity contribution is -0.133. The predicted octanol–water partition coefficient (Wildman–Crippen LogP) is 1.53. The van der Waals surface area contributed by atoms with E-state index in [1.165, 1.54) is 0 Å². The largest absolute Gasteiger partial charge is 0.381 e. The molecule has 3 heteroatoms. The van der Waals surface area contributed by atoms with Crippen molar-refractivity contribution in [3.05, 3.63) is 0 Å². The number of ether oxygens (including phenoxy) is 1. The van der Waals surface area contributed by atoms with E-state index in [4.69, 9.17) is 4.74 Å². The summed E-state index contributed by atoms with van der Waals surface area (Å²) < 4.78 is 5.11. The Hall–Kier alpha value is -0.570. The molecule has 86 valence electrons. The molecule has 2 unspecified atom stereocenters. The van der Waals surface area contributed by atoms with Crippen LogP contribution in [-0.2, 0) is 9.53 Å². The fourth-order valence-electron chi connectivity index (χ4n) is 2.79. The number of carbonyl (C=O) groups excluding carboxylic acids is 1. The monoisotopic (exact) mass is 211 g/mol. The summed E-state index contributed by atoms with van der Waals surface area (Å²) in [5.74, 6) is 1.76. The van der Waals surface area contributed by atoms with Gasteiger partial charge in [0.1, 0.15) is 0 Å². The SMILES string of the molecule is CO[C@H](C)CC(=O)N1CC2C(C1)C2(C)C. The number of hydrogen-bond donors (Lipinski definition) is 0. The molecule has 1 saturated heterocycles.